The van der Waals surface area contributed by atoms with Gasteiger partial charge in [0, 0.05) is 17.5 Å². The third kappa shape index (κ3) is 4.80. The molecular weight excluding hydrogens is 362 g/mol. The molecule has 1 atom stereocenters. The first-order valence-corrected chi connectivity index (χ1v) is 9.47. The average Bonchev–Trinajstić information content (AvgIpc) is 3.21. The molecule has 0 aliphatic heterocycles. The predicted molar refractivity (Wildman–Crippen MR) is 106 cm³/mol. The molecule has 1 N–H and O–H groups in total. The first-order chi connectivity index (χ1) is 13.0. The molecular formula is C21H19NO4S. The molecule has 0 bridgehead atoms. The van der Waals surface area contributed by atoms with Gasteiger partial charge < -0.3 is 10.1 Å². The lowest BCUT2D eigenvalue weighted by atomic mass is 10.1. The molecule has 0 aliphatic rings. The normalized spacial score (nSPS) is 11.7. The van der Waals surface area contributed by atoms with Gasteiger partial charge in [0.1, 0.15) is 0 Å². The van der Waals surface area contributed by atoms with E-state index in [1.54, 1.807) is 18.2 Å². The summed E-state index contributed by atoms with van der Waals surface area (Å²) in [6.45, 7) is 1.51. The molecule has 3 aromatic rings. The summed E-state index contributed by atoms with van der Waals surface area (Å²) in [4.78, 5) is 36.8. The van der Waals surface area contributed by atoms with Gasteiger partial charge in [0.2, 0.25) is 0 Å². The number of carbonyl (C=O) groups excluding carboxylic acids is 3. The topological polar surface area (TPSA) is 72.5 Å². The summed E-state index contributed by atoms with van der Waals surface area (Å²) < 4.78 is 5.16. The Balaban J connectivity index is 1.54. The van der Waals surface area contributed by atoms with E-state index >= 15 is 0 Å². The van der Waals surface area contributed by atoms with Gasteiger partial charge in [0.15, 0.2) is 11.9 Å². The Morgan fingerprint density at radius 3 is 2.56 bits per heavy atom. The van der Waals surface area contributed by atoms with E-state index in [2.05, 4.69) is 5.32 Å². The number of benzene rings is 2. The number of hydrogen-bond acceptors (Lipinski definition) is 5. The zero-order valence-corrected chi connectivity index (χ0v) is 15.6. The van der Waals surface area contributed by atoms with Crippen LogP contribution in [0, 0.1) is 0 Å². The molecule has 0 spiro atoms. The molecule has 0 radical (unpaired) electrons. The van der Waals surface area contributed by atoms with Crippen LogP contribution < -0.4 is 5.32 Å². The van der Waals surface area contributed by atoms with Crippen molar-refractivity contribution < 1.29 is 19.1 Å². The molecule has 138 valence electrons. The molecule has 2 aromatic carbocycles. The summed E-state index contributed by atoms with van der Waals surface area (Å²) in [6, 6.07) is 16.8. The highest BCUT2D eigenvalue weighted by Gasteiger charge is 2.19. The Labute approximate surface area is 161 Å². The number of rotatable bonds is 7. The number of amides is 1. The van der Waals surface area contributed by atoms with Crippen LogP contribution in [-0.2, 0) is 14.3 Å². The van der Waals surface area contributed by atoms with Crippen molar-refractivity contribution >= 4 is 45.5 Å². The Hall–Kier alpha value is -2.99. The first kappa shape index (κ1) is 18.8. The van der Waals surface area contributed by atoms with Crippen LogP contribution in [0.25, 0.3) is 10.8 Å². The van der Waals surface area contributed by atoms with Crippen molar-refractivity contribution in [3.05, 3.63) is 64.9 Å². The molecule has 1 amide bonds. The van der Waals surface area contributed by atoms with Crippen molar-refractivity contribution in [3.63, 3.8) is 0 Å². The highest BCUT2D eigenvalue weighted by Crippen LogP contribution is 2.23. The standard InChI is InChI=1S/C21H19NO4S/c1-14(26-20(24)12-11-18(23)19-10-5-13-27-19)21(25)22-17-9-4-7-15-6-2-3-8-16(15)17/h2-10,13-14H,11-12H2,1H3,(H,22,25). The number of hydrogen-bond donors (Lipinski definition) is 1. The fraction of sp³-hybridized carbons (Fsp3) is 0.190. The van der Waals surface area contributed by atoms with E-state index < -0.39 is 18.0 Å². The van der Waals surface area contributed by atoms with Gasteiger partial charge in [-0.3, -0.25) is 14.4 Å². The molecule has 5 nitrogen and oxygen atoms in total. The van der Waals surface area contributed by atoms with E-state index in [0.717, 1.165) is 10.8 Å². The summed E-state index contributed by atoms with van der Waals surface area (Å²) >= 11 is 1.34. The zero-order chi connectivity index (χ0) is 19.2. The van der Waals surface area contributed by atoms with Crippen LogP contribution in [0.2, 0.25) is 0 Å². The summed E-state index contributed by atoms with van der Waals surface area (Å²) in [5.41, 5.74) is 0.661. The van der Waals surface area contributed by atoms with Gasteiger partial charge in [-0.05, 0) is 29.8 Å². The van der Waals surface area contributed by atoms with E-state index in [0.29, 0.717) is 10.6 Å². The minimum absolute atomic E-state index is 0.0530. The maximum atomic E-state index is 12.4. The second-order valence-corrected chi connectivity index (χ2v) is 7.00. The first-order valence-electron chi connectivity index (χ1n) is 8.59. The number of anilines is 1. The molecule has 1 heterocycles. The van der Waals surface area contributed by atoms with Gasteiger partial charge in [-0.15, -0.1) is 11.3 Å². The third-order valence-electron chi connectivity index (χ3n) is 4.08. The van der Waals surface area contributed by atoms with Gasteiger partial charge in [0.05, 0.1) is 11.3 Å². The lowest BCUT2D eigenvalue weighted by Gasteiger charge is -2.14. The van der Waals surface area contributed by atoms with Crippen LogP contribution in [0.15, 0.2) is 60.0 Å². The number of Topliss-reactive ketones (excluding diaryl/α,β-unsaturated/α-hetero) is 1. The van der Waals surface area contributed by atoms with Crippen molar-refractivity contribution in [2.45, 2.75) is 25.9 Å². The molecule has 27 heavy (non-hydrogen) atoms. The number of carbonyl (C=O) groups is 3. The lowest BCUT2D eigenvalue weighted by Crippen LogP contribution is -2.30. The minimum atomic E-state index is -0.951. The fourth-order valence-corrected chi connectivity index (χ4v) is 3.35. The Morgan fingerprint density at radius 1 is 1.00 bits per heavy atom. The number of esters is 1. The monoisotopic (exact) mass is 381 g/mol. The predicted octanol–water partition coefficient (Wildman–Crippen LogP) is 4.43. The quantitative estimate of drug-likeness (QED) is 0.485. The number of ketones is 1. The van der Waals surface area contributed by atoms with E-state index in [1.165, 1.54) is 18.3 Å². The molecule has 0 saturated heterocycles. The summed E-state index contributed by atoms with van der Waals surface area (Å²) in [7, 11) is 0. The summed E-state index contributed by atoms with van der Waals surface area (Å²) in [5.74, 6) is -1.08. The van der Waals surface area contributed by atoms with E-state index in [9.17, 15) is 14.4 Å². The maximum absolute atomic E-state index is 12.4. The van der Waals surface area contributed by atoms with Gasteiger partial charge in [0.25, 0.3) is 5.91 Å². The van der Waals surface area contributed by atoms with E-state index in [4.69, 9.17) is 4.74 Å². The molecule has 6 heteroatoms. The van der Waals surface area contributed by atoms with Crippen LogP contribution in [0.5, 0.6) is 0 Å². The summed E-state index contributed by atoms with van der Waals surface area (Å²) in [5, 5.41) is 6.52. The molecule has 1 aromatic heterocycles. The van der Waals surface area contributed by atoms with Crippen molar-refractivity contribution in [1.82, 2.24) is 0 Å². The maximum Gasteiger partial charge on any atom is 0.307 e. The van der Waals surface area contributed by atoms with Crippen molar-refractivity contribution in [3.8, 4) is 0 Å². The van der Waals surface area contributed by atoms with E-state index in [1.807, 2.05) is 41.8 Å². The van der Waals surface area contributed by atoms with Crippen LogP contribution in [0.3, 0.4) is 0 Å². The van der Waals surface area contributed by atoms with E-state index in [-0.39, 0.29) is 18.6 Å². The number of nitrogens with one attached hydrogen (secondary N) is 1. The van der Waals surface area contributed by atoms with Crippen LogP contribution in [0.1, 0.15) is 29.4 Å². The molecule has 0 fully saturated rings. The van der Waals surface area contributed by atoms with Gasteiger partial charge in [-0.1, -0.05) is 42.5 Å². The number of fused-ring (bicyclic) bond motifs is 1. The van der Waals surface area contributed by atoms with Crippen LogP contribution in [0.4, 0.5) is 5.69 Å². The lowest BCUT2D eigenvalue weighted by molar-refractivity contribution is -0.153. The number of ether oxygens (including phenoxy) is 1. The molecule has 0 aliphatic carbocycles. The minimum Gasteiger partial charge on any atom is -0.453 e. The average molecular weight is 381 g/mol. The Kier molecular flexibility index (Phi) is 5.98. The third-order valence-corrected chi connectivity index (χ3v) is 4.99. The SMILES string of the molecule is CC(OC(=O)CCC(=O)c1cccs1)C(=O)Nc1cccc2ccccc12. The van der Waals surface area contributed by atoms with Crippen LogP contribution >= 0.6 is 11.3 Å². The second-order valence-electron chi connectivity index (χ2n) is 6.05. The van der Waals surface area contributed by atoms with Crippen molar-refractivity contribution in [1.29, 1.82) is 0 Å². The van der Waals surface area contributed by atoms with Gasteiger partial charge in [-0.2, -0.15) is 0 Å². The molecule has 3 rings (SSSR count). The highest BCUT2D eigenvalue weighted by molar-refractivity contribution is 7.12. The zero-order valence-electron chi connectivity index (χ0n) is 14.8. The van der Waals surface area contributed by atoms with Crippen LogP contribution in [-0.4, -0.2) is 23.8 Å². The summed E-state index contributed by atoms with van der Waals surface area (Å²) in [6.07, 6.45) is -0.937. The number of thiophene rings is 1. The largest absolute Gasteiger partial charge is 0.453 e. The van der Waals surface area contributed by atoms with Crippen molar-refractivity contribution in [2.75, 3.05) is 5.32 Å². The fourth-order valence-electron chi connectivity index (χ4n) is 2.65. The van der Waals surface area contributed by atoms with Gasteiger partial charge >= 0.3 is 5.97 Å². The van der Waals surface area contributed by atoms with Gasteiger partial charge in [-0.25, -0.2) is 0 Å². The highest BCUT2D eigenvalue weighted by atomic mass is 32.1. The Bertz CT molecular complexity index is 960. The molecule has 0 saturated carbocycles. The van der Waals surface area contributed by atoms with Crippen molar-refractivity contribution in [2.24, 2.45) is 0 Å². The molecule has 1 unspecified atom stereocenters. The Morgan fingerprint density at radius 2 is 1.78 bits per heavy atom. The second kappa shape index (κ2) is 8.60. The smallest absolute Gasteiger partial charge is 0.307 e.